The SMILES string of the molecule is COC(=O)C1(Nc2cccc(Cl)c2)CSC(C)C1. The smallest absolute Gasteiger partial charge is 0.332 e. The third-order valence-electron chi connectivity index (χ3n) is 3.03. The molecule has 1 N–H and O–H groups in total. The molecule has 1 aromatic rings. The van der Waals surface area contributed by atoms with Crippen LogP contribution in [0.1, 0.15) is 13.3 Å². The molecule has 98 valence electrons. The number of methoxy groups -OCH3 is 1. The molecule has 1 heterocycles. The highest BCUT2D eigenvalue weighted by atomic mass is 35.5. The molecule has 0 aliphatic carbocycles. The van der Waals surface area contributed by atoms with E-state index in [9.17, 15) is 4.79 Å². The van der Waals surface area contributed by atoms with E-state index in [1.54, 1.807) is 11.8 Å². The number of ether oxygens (including phenoxy) is 1. The van der Waals surface area contributed by atoms with Crippen LogP contribution in [0.15, 0.2) is 24.3 Å². The van der Waals surface area contributed by atoms with Gasteiger partial charge in [-0.3, -0.25) is 0 Å². The zero-order chi connectivity index (χ0) is 13.2. The van der Waals surface area contributed by atoms with Crippen molar-refractivity contribution >= 4 is 35.0 Å². The molecule has 2 rings (SSSR count). The van der Waals surface area contributed by atoms with Gasteiger partial charge in [-0.25, -0.2) is 4.79 Å². The topological polar surface area (TPSA) is 38.3 Å². The van der Waals surface area contributed by atoms with E-state index in [-0.39, 0.29) is 5.97 Å². The van der Waals surface area contributed by atoms with Crippen LogP contribution in [-0.2, 0) is 9.53 Å². The van der Waals surface area contributed by atoms with Crippen LogP contribution in [-0.4, -0.2) is 29.6 Å². The molecule has 0 radical (unpaired) electrons. The normalized spacial score (nSPS) is 26.9. The van der Waals surface area contributed by atoms with Crippen molar-refractivity contribution in [2.75, 3.05) is 18.2 Å². The van der Waals surface area contributed by atoms with Crippen molar-refractivity contribution in [3.8, 4) is 0 Å². The molecule has 0 saturated carbocycles. The van der Waals surface area contributed by atoms with Gasteiger partial charge in [0.15, 0.2) is 0 Å². The van der Waals surface area contributed by atoms with Gasteiger partial charge in [0, 0.05) is 21.7 Å². The molecule has 0 aromatic heterocycles. The fourth-order valence-corrected chi connectivity index (χ4v) is 3.68. The number of carbonyl (C=O) groups is 1. The fraction of sp³-hybridized carbons (Fsp3) is 0.462. The fourth-order valence-electron chi connectivity index (χ4n) is 2.21. The van der Waals surface area contributed by atoms with Gasteiger partial charge in [-0.2, -0.15) is 11.8 Å². The van der Waals surface area contributed by atoms with Gasteiger partial charge in [-0.1, -0.05) is 24.6 Å². The first kappa shape index (κ1) is 13.6. The summed E-state index contributed by atoms with van der Waals surface area (Å²) in [7, 11) is 1.43. The molecule has 2 atom stereocenters. The Kier molecular flexibility index (Phi) is 4.07. The van der Waals surface area contributed by atoms with Crippen molar-refractivity contribution in [2.24, 2.45) is 0 Å². The van der Waals surface area contributed by atoms with Gasteiger partial charge in [-0.15, -0.1) is 0 Å². The Balaban J connectivity index is 2.23. The van der Waals surface area contributed by atoms with Gasteiger partial charge < -0.3 is 10.1 Å². The molecule has 3 nitrogen and oxygen atoms in total. The van der Waals surface area contributed by atoms with Crippen molar-refractivity contribution in [1.29, 1.82) is 0 Å². The number of rotatable bonds is 3. The predicted octanol–water partition coefficient (Wildman–Crippen LogP) is 3.19. The van der Waals surface area contributed by atoms with Crippen LogP contribution in [0.25, 0.3) is 0 Å². The second kappa shape index (κ2) is 5.41. The first-order valence-electron chi connectivity index (χ1n) is 5.79. The van der Waals surface area contributed by atoms with Gasteiger partial charge >= 0.3 is 5.97 Å². The van der Waals surface area contributed by atoms with Crippen LogP contribution >= 0.6 is 23.4 Å². The molecule has 5 heteroatoms. The van der Waals surface area contributed by atoms with Gasteiger partial charge in [-0.05, 0) is 24.6 Å². The number of hydrogen-bond donors (Lipinski definition) is 1. The first-order chi connectivity index (χ1) is 8.55. The number of esters is 1. The Labute approximate surface area is 116 Å². The summed E-state index contributed by atoms with van der Waals surface area (Å²) in [5, 5.41) is 4.39. The van der Waals surface area contributed by atoms with E-state index < -0.39 is 5.54 Å². The molecule has 1 aliphatic heterocycles. The van der Waals surface area contributed by atoms with E-state index in [1.165, 1.54) is 7.11 Å². The minimum atomic E-state index is -0.635. The third kappa shape index (κ3) is 2.75. The lowest BCUT2D eigenvalue weighted by atomic mass is 9.96. The van der Waals surface area contributed by atoms with E-state index >= 15 is 0 Å². The van der Waals surface area contributed by atoms with E-state index in [0.29, 0.717) is 16.0 Å². The van der Waals surface area contributed by atoms with Crippen molar-refractivity contribution < 1.29 is 9.53 Å². The Morgan fingerprint density at radius 2 is 2.39 bits per heavy atom. The number of halogens is 1. The lowest BCUT2D eigenvalue weighted by Crippen LogP contribution is -2.47. The highest BCUT2D eigenvalue weighted by molar-refractivity contribution is 8.00. The summed E-state index contributed by atoms with van der Waals surface area (Å²) in [6, 6.07) is 7.40. The molecule has 2 unspecified atom stereocenters. The Morgan fingerprint density at radius 3 is 2.94 bits per heavy atom. The summed E-state index contributed by atoms with van der Waals surface area (Å²) >= 11 is 7.73. The molecular weight excluding hydrogens is 270 g/mol. The van der Waals surface area contributed by atoms with Crippen LogP contribution in [0.5, 0.6) is 0 Å². The molecule has 1 fully saturated rings. The zero-order valence-electron chi connectivity index (χ0n) is 10.4. The number of thioether (sulfide) groups is 1. The maximum Gasteiger partial charge on any atom is 0.332 e. The van der Waals surface area contributed by atoms with Crippen molar-refractivity contribution in [3.05, 3.63) is 29.3 Å². The summed E-state index contributed by atoms with van der Waals surface area (Å²) in [4.78, 5) is 12.0. The zero-order valence-corrected chi connectivity index (χ0v) is 12.0. The predicted molar refractivity (Wildman–Crippen MR) is 76.4 cm³/mol. The largest absolute Gasteiger partial charge is 0.467 e. The Bertz CT molecular complexity index is 454. The van der Waals surface area contributed by atoms with Gasteiger partial charge in [0.05, 0.1) is 7.11 Å². The average molecular weight is 286 g/mol. The van der Waals surface area contributed by atoms with Crippen molar-refractivity contribution in [2.45, 2.75) is 24.1 Å². The summed E-state index contributed by atoms with van der Waals surface area (Å²) in [6.07, 6.45) is 0.761. The van der Waals surface area contributed by atoms with Crippen molar-refractivity contribution in [3.63, 3.8) is 0 Å². The molecule has 0 bridgehead atoms. The van der Waals surface area contributed by atoms with Crippen LogP contribution in [0.4, 0.5) is 5.69 Å². The van der Waals surface area contributed by atoms with Gasteiger partial charge in [0.1, 0.15) is 5.54 Å². The number of nitrogens with one attached hydrogen (secondary N) is 1. The lowest BCUT2D eigenvalue weighted by Gasteiger charge is -2.28. The second-order valence-electron chi connectivity index (χ2n) is 4.53. The molecule has 1 aromatic carbocycles. The number of anilines is 1. The first-order valence-corrected chi connectivity index (χ1v) is 7.22. The van der Waals surface area contributed by atoms with Gasteiger partial charge in [0.2, 0.25) is 0 Å². The monoisotopic (exact) mass is 285 g/mol. The minimum Gasteiger partial charge on any atom is -0.467 e. The summed E-state index contributed by atoms with van der Waals surface area (Å²) in [5.74, 6) is 0.507. The highest BCUT2D eigenvalue weighted by Crippen LogP contribution is 2.38. The van der Waals surface area contributed by atoms with Crippen LogP contribution in [0.3, 0.4) is 0 Å². The number of hydrogen-bond acceptors (Lipinski definition) is 4. The summed E-state index contributed by atoms with van der Waals surface area (Å²) < 4.78 is 4.94. The van der Waals surface area contributed by atoms with E-state index in [1.807, 2.05) is 24.3 Å². The summed E-state index contributed by atoms with van der Waals surface area (Å²) in [6.45, 7) is 2.12. The molecule has 0 spiro atoms. The summed E-state index contributed by atoms with van der Waals surface area (Å²) in [5.41, 5.74) is 0.214. The Morgan fingerprint density at radius 1 is 1.61 bits per heavy atom. The van der Waals surface area contributed by atoms with Crippen molar-refractivity contribution in [1.82, 2.24) is 0 Å². The number of benzene rings is 1. The quantitative estimate of drug-likeness (QED) is 0.866. The molecular formula is C13H16ClNO2S. The minimum absolute atomic E-state index is 0.209. The molecule has 0 amide bonds. The number of carbonyl (C=O) groups excluding carboxylic acids is 1. The van der Waals surface area contributed by atoms with E-state index in [2.05, 4.69) is 12.2 Å². The molecule has 1 saturated heterocycles. The maximum atomic E-state index is 12.0. The Hall–Kier alpha value is -0.870. The molecule has 18 heavy (non-hydrogen) atoms. The van der Waals surface area contributed by atoms with Crippen LogP contribution in [0, 0.1) is 0 Å². The van der Waals surface area contributed by atoms with Crippen LogP contribution in [0.2, 0.25) is 5.02 Å². The van der Waals surface area contributed by atoms with E-state index in [0.717, 1.165) is 12.1 Å². The standard InChI is InChI=1S/C13H16ClNO2S/c1-9-7-13(8-18-9,12(16)17-2)15-11-5-3-4-10(14)6-11/h3-6,9,15H,7-8H2,1-2H3. The third-order valence-corrected chi connectivity index (χ3v) is 4.66. The second-order valence-corrected chi connectivity index (χ2v) is 6.40. The van der Waals surface area contributed by atoms with Gasteiger partial charge in [0.25, 0.3) is 0 Å². The highest BCUT2D eigenvalue weighted by Gasteiger charge is 2.45. The molecule has 1 aliphatic rings. The van der Waals surface area contributed by atoms with Crippen LogP contribution < -0.4 is 5.32 Å². The van der Waals surface area contributed by atoms with E-state index in [4.69, 9.17) is 16.3 Å². The maximum absolute atomic E-state index is 12.0. The average Bonchev–Trinajstić information content (AvgIpc) is 2.71. The lowest BCUT2D eigenvalue weighted by molar-refractivity contribution is -0.145.